The van der Waals surface area contributed by atoms with Crippen molar-refractivity contribution in [1.82, 2.24) is 4.98 Å². The lowest BCUT2D eigenvalue weighted by molar-refractivity contribution is -0.137. The van der Waals surface area contributed by atoms with E-state index in [0.29, 0.717) is 0 Å². The summed E-state index contributed by atoms with van der Waals surface area (Å²) in [6.45, 7) is 0. The highest BCUT2D eigenvalue weighted by atomic mass is 32.2. The lowest BCUT2D eigenvalue weighted by atomic mass is 10.0. The number of aromatic nitrogens is 1. The van der Waals surface area contributed by atoms with E-state index >= 15 is 0 Å². The third-order valence-electron chi connectivity index (χ3n) is 3.20. The van der Waals surface area contributed by atoms with Crippen molar-refractivity contribution in [3.63, 3.8) is 0 Å². The van der Waals surface area contributed by atoms with Crippen molar-refractivity contribution in [2.24, 2.45) is 0 Å². The molecule has 0 bridgehead atoms. The lowest BCUT2D eigenvalue weighted by Crippen LogP contribution is -2.11. The van der Waals surface area contributed by atoms with Gasteiger partial charge in [-0.15, -0.1) is 0 Å². The van der Waals surface area contributed by atoms with Crippen LogP contribution in [-0.4, -0.2) is 21.8 Å². The molecule has 2 heterocycles. The molecule has 1 aliphatic rings. The maximum absolute atomic E-state index is 10.9. The normalized spacial score (nSPS) is 19.2. The first-order valence-electron chi connectivity index (χ1n) is 5.68. The third kappa shape index (κ3) is 1.82. The number of hydrogen-bond donors (Lipinski definition) is 2. The molecular weight excluding hydrogens is 234 g/mol. The number of aliphatic carboxylic acids is 1. The van der Waals surface area contributed by atoms with Gasteiger partial charge in [-0.25, -0.2) is 0 Å². The van der Waals surface area contributed by atoms with E-state index < -0.39 is 5.97 Å². The minimum Gasteiger partial charge on any atom is -0.481 e. The fourth-order valence-corrected chi connectivity index (χ4v) is 3.71. The quantitative estimate of drug-likeness (QED) is 0.857. The lowest BCUT2D eigenvalue weighted by Gasteiger charge is -2.20. The van der Waals surface area contributed by atoms with E-state index in [0.717, 1.165) is 23.4 Å². The Labute approximate surface area is 103 Å². The second kappa shape index (κ2) is 4.11. The van der Waals surface area contributed by atoms with E-state index in [1.807, 2.05) is 12.1 Å². The van der Waals surface area contributed by atoms with Crippen LogP contribution in [0.1, 0.15) is 22.9 Å². The first-order chi connectivity index (χ1) is 8.25. The largest absolute Gasteiger partial charge is 0.481 e. The van der Waals surface area contributed by atoms with Crippen LogP contribution in [0.4, 0.5) is 0 Å². The zero-order valence-electron chi connectivity index (χ0n) is 9.27. The molecule has 1 aromatic carbocycles. The van der Waals surface area contributed by atoms with Gasteiger partial charge in [-0.3, -0.25) is 4.79 Å². The third-order valence-corrected chi connectivity index (χ3v) is 4.44. The number of carbonyl (C=O) groups is 1. The Hall–Kier alpha value is -1.42. The maximum atomic E-state index is 10.9. The summed E-state index contributed by atoms with van der Waals surface area (Å²) in [5.74, 6) is 0.279. The molecule has 88 valence electrons. The van der Waals surface area contributed by atoms with E-state index in [2.05, 4.69) is 17.1 Å². The van der Waals surface area contributed by atoms with E-state index in [1.54, 1.807) is 11.8 Å². The van der Waals surface area contributed by atoms with Crippen LogP contribution in [-0.2, 0) is 11.2 Å². The number of hydrogen-bond acceptors (Lipinski definition) is 2. The number of thioether (sulfide) groups is 1. The van der Waals surface area contributed by atoms with Crippen LogP contribution in [0, 0.1) is 0 Å². The molecule has 0 saturated heterocycles. The molecule has 0 spiro atoms. The number of H-pyrrole nitrogens is 1. The molecule has 0 saturated carbocycles. The number of rotatable bonds is 2. The number of nitrogens with one attached hydrogen (secondary N) is 1. The summed E-state index contributed by atoms with van der Waals surface area (Å²) in [6.07, 6.45) is 1.23. The molecule has 2 N–H and O–H groups in total. The molecule has 3 rings (SSSR count). The molecule has 1 aromatic heterocycles. The molecule has 0 fully saturated rings. The summed E-state index contributed by atoms with van der Waals surface area (Å²) in [5, 5.41) is 10.3. The van der Waals surface area contributed by atoms with Crippen molar-refractivity contribution in [2.45, 2.75) is 18.1 Å². The summed E-state index contributed by atoms with van der Waals surface area (Å²) in [5.41, 5.74) is 3.55. The number of para-hydroxylation sites is 1. The number of benzene rings is 1. The van der Waals surface area contributed by atoms with Crippen LogP contribution < -0.4 is 0 Å². The standard InChI is InChI=1S/C13H13NO2S/c15-12(16)7-11-13-9(5-6-17-11)8-3-1-2-4-10(8)14-13/h1-4,11,14H,5-7H2,(H,15,16). The topological polar surface area (TPSA) is 53.1 Å². The first-order valence-corrected chi connectivity index (χ1v) is 6.73. The molecule has 0 amide bonds. The van der Waals surface area contributed by atoms with Crippen LogP contribution in [0.3, 0.4) is 0 Å². The highest BCUT2D eigenvalue weighted by Gasteiger charge is 2.26. The predicted molar refractivity (Wildman–Crippen MR) is 69.5 cm³/mol. The summed E-state index contributed by atoms with van der Waals surface area (Å²) < 4.78 is 0. The Morgan fingerprint density at radius 2 is 2.29 bits per heavy atom. The van der Waals surface area contributed by atoms with Gasteiger partial charge in [0, 0.05) is 16.6 Å². The zero-order chi connectivity index (χ0) is 11.8. The summed E-state index contributed by atoms with van der Waals surface area (Å²) in [6, 6.07) is 8.20. The van der Waals surface area contributed by atoms with Crippen LogP contribution in [0.25, 0.3) is 10.9 Å². The highest BCUT2D eigenvalue weighted by Crippen LogP contribution is 2.41. The van der Waals surface area contributed by atoms with Gasteiger partial charge < -0.3 is 10.1 Å². The van der Waals surface area contributed by atoms with Gasteiger partial charge in [-0.05, 0) is 23.8 Å². The second-order valence-corrected chi connectivity index (χ2v) is 5.58. The molecular formula is C13H13NO2S. The van der Waals surface area contributed by atoms with Crippen molar-refractivity contribution in [2.75, 3.05) is 5.75 Å². The van der Waals surface area contributed by atoms with Crippen molar-refractivity contribution in [1.29, 1.82) is 0 Å². The highest BCUT2D eigenvalue weighted by molar-refractivity contribution is 7.99. The molecule has 1 unspecified atom stereocenters. The van der Waals surface area contributed by atoms with E-state index in [4.69, 9.17) is 5.11 Å². The van der Waals surface area contributed by atoms with Crippen molar-refractivity contribution >= 4 is 28.6 Å². The molecule has 3 nitrogen and oxygen atoms in total. The number of fused-ring (bicyclic) bond motifs is 3. The Morgan fingerprint density at radius 3 is 3.12 bits per heavy atom. The summed E-state index contributed by atoms with van der Waals surface area (Å²) in [7, 11) is 0. The smallest absolute Gasteiger partial charge is 0.304 e. The monoisotopic (exact) mass is 247 g/mol. The number of aromatic amines is 1. The van der Waals surface area contributed by atoms with Crippen LogP contribution >= 0.6 is 11.8 Å². The Balaban J connectivity index is 2.10. The van der Waals surface area contributed by atoms with Crippen molar-refractivity contribution in [3.8, 4) is 0 Å². The van der Waals surface area contributed by atoms with E-state index in [1.165, 1.54) is 10.9 Å². The van der Waals surface area contributed by atoms with Gasteiger partial charge in [-0.1, -0.05) is 18.2 Å². The SMILES string of the molecule is O=C(O)CC1SCCc2c1[nH]c1ccccc21. The van der Waals surface area contributed by atoms with Crippen LogP contribution in [0.15, 0.2) is 24.3 Å². The van der Waals surface area contributed by atoms with Gasteiger partial charge in [0.05, 0.1) is 11.7 Å². The van der Waals surface area contributed by atoms with Gasteiger partial charge in [-0.2, -0.15) is 11.8 Å². The Bertz CT molecular complexity index is 576. The Kier molecular flexibility index (Phi) is 2.59. The molecule has 0 aliphatic carbocycles. The molecule has 0 radical (unpaired) electrons. The molecule has 2 aromatic rings. The van der Waals surface area contributed by atoms with Crippen molar-refractivity contribution in [3.05, 3.63) is 35.5 Å². The fourth-order valence-electron chi connectivity index (χ4n) is 2.47. The minimum absolute atomic E-state index is 0.0728. The van der Waals surface area contributed by atoms with Gasteiger partial charge in [0.1, 0.15) is 0 Å². The molecule has 1 atom stereocenters. The number of aryl methyl sites for hydroxylation is 1. The minimum atomic E-state index is -0.728. The first kappa shape index (κ1) is 10.7. The van der Waals surface area contributed by atoms with Gasteiger partial charge in [0.15, 0.2) is 0 Å². The van der Waals surface area contributed by atoms with Crippen molar-refractivity contribution < 1.29 is 9.90 Å². The maximum Gasteiger partial charge on any atom is 0.304 e. The van der Waals surface area contributed by atoms with E-state index in [-0.39, 0.29) is 11.7 Å². The zero-order valence-corrected chi connectivity index (χ0v) is 10.1. The number of carboxylic acid groups (broad SMARTS) is 1. The summed E-state index contributed by atoms with van der Waals surface area (Å²) in [4.78, 5) is 14.3. The second-order valence-electron chi connectivity index (χ2n) is 4.27. The molecule has 4 heteroatoms. The fraction of sp³-hybridized carbons (Fsp3) is 0.308. The van der Waals surface area contributed by atoms with Crippen LogP contribution in [0.5, 0.6) is 0 Å². The van der Waals surface area contributed by atoms with E-state index in [9.17, 15) is 4.79 Å². The predicted octanol–water partition coefficient (Wildman–Crippen LogP) is 2.97. The van der Waals surface area contributed by atoms with Gasteiger partial charge in [0.25, 0.3) is 0 Å². The van der Waals surface area contributed by atoms with Gasteiger partial charge >= 0.3 is 5.97 Å². The Morgan fingerprint density at radius 1 is 1.47 bits per heavy atom. The van der Waals surface area contributed by atoms with Gasteiger partial charge in [0.2, 0.25) is 0 Å². The average molecular weight is 247 g/mol. The summed E-state index contributed by atoms with van der Waals surface area (Å²) >= 11 is 1.74. The molecule has 17 heavy (non-hydrogen) atoms. The number of carboxylic acids is 1. The molecule has 1 aliphatic heterocycles. The average Bonchev–Trinajstić information content (AvgIpc) is 2.68. The van der Waals surface area contributed by atoms with Crippen LogP contribution in [0.2, 0.25) is 0 Å².